The number of hydrogen-bond donors (Lipinski definition) is 1. The number of esters is 1. The van der Waals surface area contributed by atoms with Gasteiger partial charge in [-0.25, -0.2) is 0 Å². The van der Waals surface area contributed by atoms with Crippen LogP contribution < -0.4 is 0 Å². The number of ether oxygens (including phenoxy) is 1. The lowest BCUT2D eigenvalue weighted by Crippen LogP contribution is -2.20. The Balaban J connectivity index is 1.45. The lowest BCUT2D eigenvalue weighted by atomic mass is 9.89. The molecule has 0 saturated heterocycles. The van der Waals surface area contributed by atoms with E-state index in [0.717, 1.165) is 17.4 Å². The zero-order chi connectivity index (χ0) is 13.2. The normalized spacial score (nSPS) is 28.5. The van der Waals surface area contributed by atoms with Crippen LogP contribution in [0.3, 0.4) is 0 Å². The molecular weight excluding hydrogens is 240 g/mol. The summed E-state index contributed by atoms with van der Waals surface area (Å²) in [6.45, 7) is 0.595. The van der Waals surface area contributed by atoms with Crippen LogP contribution in [0.25, 0.3) is 0 Å². The zero-order valence-corrected chi connectivity index (χ0v) is 11.0. The first-order valence-electron chi connectivity index (χ1n) is 7.14. The average Bonchev–Trinajstić information content (AvgIpc) is 3.01. The molecule has 1 aromatic carbocycles. The Bertz CT molecular complexity index is 452. The van der Waals surface area contributed by atoms with Crippen molar-refractivity contribution in [2.45, 2.75) is 32.1 Å². The SMILES string of the molecule is O=C(Cc1ccc(O)cc1)OCC1CC2CCC1C2. The van der Waals surface area contributed by atoms with E-state index in [9.17, 15) is 9.90 Å². The van der Waals surface area contributed by atoms with Crippen LogP contribution in [0.1, 0.15) is 31.2 Å². The van der Waals surface area contributed by atoms with Gasteiger partial charge in [0, 0.05) is 0 Å². The minimum atomic E-state index is -0.159. The molecule has 0 heterocycles. The van der Waals surface area contributed by atoms with E-state index in [1.165, 1.54) is 25.7 Å². The molecule has 2 aliphatic rings. The summed E-state index contributed by atoms with van der Waals surface area (Å²) in [5.74, 6) is 2.35. The third-order valence-electron chi connectivity index (χ3n) is 4.63. The third kappa shape index (κ3) is 2.91. The predicted molar refractivity (Wildman–Crippen MR) is 71.7 cm³/mol. The third-order valence-corrected chi connectivity index (χ3v) is 4.63. The average molecular weight is 260 g/mol. The Morgan fingerprint density at radius 1 is 1.21 bits per heavy atom. The molecule has 0 aliphatic heterocycles. The van der Waals surface area contributed by atoms with Crippen LogP contribution in [-0.4, -0.2) is 17.7 Å². The van der Waals surface area contributed by atoms with Gasteiger partial charge in [-0.2, -0.15) is 0 Å². The first-order valence-corrected chi connectivity index (χ1v) is 7.14. The molecule has 0 spiro atoms. The second kappa shape index (κ2) is 5.24. The van der Waals surface area contributed by atoms with E-state index in [-0.39, 0.29) is 11.7 Å². The highest BCUT2D eigenvalue weighted by molar-refractivity contribution is 5.72. The van der Waals surface area contributed by atoms with Gasteiger partial charge in [-0.15, -0.1) is 0 Å². The van der Waals surface area contributed by atoms with E-state index in [0.29, 0.717) is 18.9 Å². The summed E-state index contributed by atoms with van der Waals surface area (Å²) in [6.07, 6.45) is 5.59. The van der Waals surface area contributed by atoms with Crippen LogP contribution in [0.2, 0.25) is 0 Å². The van der Waals surface area contributed by atoms with Crippen LogP contribution in [0.5, 0.6) is 5.75 Å². The number of phenolic OH excluding ortho intramolecular Hbond substituents is 1. The van der Waals surface area contributed by atoms with Crippen LogP contribution in [-0.2, 0) is 16.0 Å². The molecule has 3 heteroatoms. The summed E-state index contributed by atoms with van der Waals surface area (Å²) in [6, 6.07) is 6.71. The number of aromatic hydroxyl groups is 1. The molecule has 0 radical (unpaired) electrons. The van der Waals surface area contributed by atoms with E-state index in [2.05, 4.69) is 0 Å². The largest absolute Gasteiger partial charge is 0.508 e. The van der Waals surface area contributed by atoms with Crippen molar-refractivity contribution in [1.82, 2.24) is 0 Å². The summed E-state index contributed by atoms with van der Waals surface area (Å²) in [4.78, 5) is 11.8. The van der Waals surface area contributed by atoms with E-state index in [1.54, 1.807) is 24.3 Å². The number of hydrogen-bond acceptors (Lipinski definition) is 3. The molecule has 3 rings (SSSR count). The molecule has 3 nitrogen and oxygen atoms in total. The highest BCUT2D eigenvalue weighted by atomic mass is 16.5. The fourth-order valence-corrected chi connectivity index (χ4v) is 3.61. The lowest BCUT2D eigenvalue weighted by molar-refractivity contribution is -0.144. The molecule has 3 unspecified atom stereocenters. The van der Waals surface area contributed by atoms with Crippen LogP contribution in [0.15, 0.2) is 24.3 Å². The monoisotopic (exact) mass is 260 g/mol. The summed E-state index contributed by atoms with van der Waals surface area (Å²) < 4.78 is 5.41. The Morgan fingerprint density at radius 2 is 2.00 bits per heavy atom. The maximum Gasteiger partial charge on any atom is 0.310 e. The number of benzene rings is 1. The second-order valence-corrected chi connectivity index (χ2v) is 5.96. The van der Waals surface area contributed by atoms with E-state index in [1.807, 2.05) is 0 Å². The molecule has 1 aromatic rings. The number of fused-ring (bicyclic) bond motifs is 2. The molecular formula is C16H20O3. The Hall–Kier alpha value is -1.51. The zero-order valence-electron chi connectivity index (χ0n) is 11.0. The van der Waals surface area contributed by atoms with Crippen molar-refractivity contribution in [2.75, 3.05) is 6.61 Å². The molecule has 2 aliphatic carbocycles. The summed E-state index contributed by atoms with van der Waals surface area (Å²) in [5.41, 5.74) is 0.885. The Morgan fingerprint density at radius 3 is 2.63 bits per heavy atom. The highest BCUT2D eigenvalue weighted by Gasteiger charge is 2.39. The molecule has 2 saturated carbocycles. The van der Waals surface area contributed by atoms with Crippen molar-refractivity contribution >= 4 is 5.97 Å². The smallest absolute Gasteiger partial charge is 0.310 e. The van der Waals surface area contributed by atoms with Gasteiger partial charge in [-0.1, -0.05) is 18.6 Å². The number of phenols is 1. The summed E-state index contributed by atoms with van der Waals surface area (Å²) in [7, 11) is 0. The van der Waals surface area contributed by atoms with Gasteiger partial charge in [-0.05, 0) is 54.7 Å². The van der Waals surface area contributed by atoms with E-state index < -0.39 is 0 Å². The summed E-state index contributed by atoms with van der Waals surface area (Å²) in [5, 5.41) is 9.18. The highest BCUT2D eigenvalue weighted by Crippen LogP contribution is 2.48. The van der Waals surface area contributed by atoms with Crippen LogP contribution in [0.4, 0.5) is 0 Å². The standard InChI is InChI=1S/C16H20O3/c17-15-5-2-11(3-6-15)9-16(18)19-10-14-8-12-1-4-13(14)7-12/h2-3,5-6,12-14,17H,1,4,7-10H2. The molecule has 3 atom stereocenters. The molecule has 19 heavy (non-hydrogen) atoms. The van der Waals surface area contributed by atoms with Gasteiger partial charge in [-0.3, -0.25) is 4.79 Å². The van der Waals surface area contributed by atoms with Gasteiger partial charge in [0.15, 0.2) is 0 Å². The quantitative estimate of drug-likeness (QED) is 0.847. The fourth-order valence-electron chi connectivity index (χ4n) is 3.61. The first-order chi connectivity index (χ1) is 9.20. The van der Waals surface area contributed by atoms with Gasteiger partial charge in [0.25, 0.3) is 0 Å². The predicted octanol–water partition coefficient (Wildman–Crippen LogP) is 2.91. The topological polar surface area (TPSA) is 46.5 Å². The van der Waals surface area contributed by atoms with Crippen molar-refractivity contribution in [3.63, 3.8) is 0 Å². The number of rotatable bonds is 4. The second-order valence-electron chi connectivity index (χ2n) is 5.96. The molecule has 2 bridgehead atoms. The molecule has 102 valence electrons. The maximum absolute atomic E-state index is 11.8. The molecule has 1 N–H and O–H groups in total. The van der Waals surface area contributed by atoms with Crippen molar-refractivity contribution in [3.8, 4) is 5.75 Å². The van der Waals surface area contributed by atoms with E-state index in [4.69, 9.17) is 4.74 Å². The van der Waals surface area contributed by atoms with Crippen molar-refractivity contribution in [2.24, 2.45) is 17.8 Å². The Labute approximate surface area is 113 Å². The van der Waals surface area contributed by atoms with Gasteiger partial charge in [0.2, 0.25) is 0 Å². The minimum absolute atomic E-state index is 0.159. The van der Waals surface area contributed by atoms with Gasteiger partial charge >= 0.3 is 5.97 Å². The van der Waals surface area contributed by atoms with Gasteiger partial charge in [0.05, 0.1) is 13.0 Å². The molecule has 0 amide bonds. The van der Waals surface area contributed by atoms with Crippen molar-refractivity contribution < 1.29 is 14.6 Å². The van der Waals surface area contributed by atoms with Crippen LogP contribution >= 0.6 is 0 Å². The van der Waals surface area contributed by atoms with Crippen molar-refractivity contribution in [3.05, 3.63) is 29.8 Å². The number of carbonyl (C=O) groups excluding carboxylic acids is 1. The number of carbonyl (C=O) groups is 1. The maximum atomic E-state index is 11.8. The van der Waals surface area contributed by atoms with Crippen molar-refractivity contribution in [1.29, 1.82) is 0 Å². The van der Waals surface area contributed by atoms with Gasteiger partial charge in [0.1, 0.15) is 5.75 Å². The lowest BCUT2D eigenvalue weighted by Gasteiger charge is -2.21. The molecule has 0 aromatic heterocycles. The molecule has 2 fully saturated rings. The van der Waals surface area contributed by atoms with Gasteiger partial charge < -0.3 is 9.84 Å². The fraction of sp³-hybridized carbons (Fsp3) is 0.562. The minimum Gasteiger partial charge on any atom is -0.508 e. The summed E-state index contributed by atoms with van der Waals surface area (Å²) >= 11 is 0. The van der Waals surface area contributed by atoms with E-state index >= 15 is 0 Å². The van der Waals surface area contributed by atoms with Crippen LogP contribution in [0, 0.1) is 17.8 Å². The first kappa shape index (κ1) is 12.5. The Kier molecular flexibility index (Phi) is 3.45.